The highest BCUT2D eigenvalue weighted by Gasteiger charge is 2.17. The Morgan fingerprint density at radius 2 is 1.84 bits per heavy atom. The van der Waals surface area contributed by atoms with Crippen LogP contribution < -0.4 is 10.2 Å². The summed E-state index contributed by atoms with van der Waals surface area (Å²) in [5.41, 5.74) is 4.20. The van der Waals surface area contributed by atoms with E-state index in [4.69, 9.17) is 0 Å². The quantitative estimate of drug-likeness (QED) is 0.877. The number of nitrogens with one attached hydrogen (secondary N) is 1. The van der Waals surface area contributed by atoms with Gasteiger partial charge in [0.1, 0.15) is 0 Å². The van der Waals surface area contributed by atoms with Crippen LogP contribution >= 0.6 is 0 Å². The van der Waals surface area contributed by atoms with E-state index < -0.39 is 0 Å². The van der Waals surface area contributed by atoms with Crippen molar-refractivity contribution in [1.82, 2.24) is 10.2 Å². The van der Waals surface area contributed by atoms with Crippen LogP contribution in [0.4, 0.5) is 5.69 Å². The topological polar surface area (TPSA) is 18.5 Å². The number of hydrogen-bond donors (Lipinski definition) is 1. The second kappa shape index (κ2) is 6.92. The smallest absolute Gasteiger partial charge is 0.0397 e. The molecule has 0 unspecified atom stereocenters. The summed E-state index contributed by atoms with van der Waals surface area (Å²) >= 11 is 0. The molecule has 0 radical (unpaired) electrons. The lowest BCUT2D eigenvalue weighted by Crippen LogP contribution is -2.46. The molecule has 1 aliphatic heterocycles. The van der Waals surface area contributed by atoms with Crippen molar-refractivity contribution >= 4 is 5.69 Å². The van der Waals surface area contributed by atoms with Crippen molar-refractivity contribution in [1.29, 1.82) is 0 Å². The first-order valence-corrected chi connectivity index (χ1v) is 7.52. The van der Waals surface area contributed by atoms with Gasteiger partial charge in [0.25, 0.3) is 0 Å². The molecule has 106 valence electrons. The molecule has 1 N–H and O–H groups in total. The SMILES string of the molecule is CCNCc1ccc(N2CCN(CC)CC2)c(C)c1. The highest BCUT2D eigenvalue weighted by atomic mass is 15.3. The fourth-order valence-corrected chi connectivity index (χ4v) is 2.76. The molecule has 0 saturated carbocycles. The van der Waals surface area contributed by atoms with Gasteiger partial charge >= 0.3 is 0 Å². The summed E-state index contributed by atoms with van der Waals surface area (Å²) in [4.78, 5) is 5.05. The third kappa shape index (κ3) is 3.71. The van der Waals surface area contributed by atoms with Gasteiger partial charge in [-0.1, -0.05) is 26.0 Å². The van der Waals surface area contributed by atoms with Crippen LogP contribution in [0, 0.1) is 6.92 Å². The zero-order chi connectivity index (χ0) is 13.7. The van der Waals surface area contributed by atoms with E-state index >= 15 is 0 Å². The van der Waals surface area contributed by atoms with Crippen LogP contribution in [-0.2, 0) is 6.54 Å². The van der Waals surface area contributed by atoms with Crippen LogP contribution in [0.15, 0.2) is 18.2 Å². The molecule has 1 aromatic rings. The predicted octanol–water partition coefficient (Wildman–Crippen LogP) is 2.25. The van der Waals surface area contributed by atoms with Crippen molar-refractivity contribution in [2.45, 2.75) is 27.3 Å². The minimum absolute atomic E-state index is 0.973. The Hall–Kier alpha value is -1.06. The maximum atomic E-state index is 3.38. The Morgan fingerprint density at radius 3 is 2.42 bits per heavy atom. The number of rotatable bonds is 5. The molecule has 1 aromatic carbocycles. The Balaban J connectivity index is 2.01. The van der Waals surface area contributed by atoms with Gasteiger partial charge in [-0.3, -0.25) is 0 Å². The lowest BCUT2D eigenvalue weighted by molar-refractivity contribution is 0.271. The van der Waals surface area contributed by atoms with Gasteiger partial charge in [-0.2, -0.15) is 0 Å². The average molecular weight is 261 g/mol. The summed E-state index contributed by atoms with van der Waals surface area (Å²) in [7, 11) is 0. The molecule has 3 heteroatoms. The van der Waals surface area contributed by atoms with Gasteiger partial charge in [0.15, 0.2) is 0 Å². The van der Waals surface area contributed by atoms with Crippen LogP contribution in [0.3, 0.4) is 0 Å². The molecular formula is C16H27N3. The third-order valence-electron chi connectivity index (χ3n) is 4.00. The van der Waals surface area contributed by atoms with Crippen LogP contribution in [0.2, 0.25) is 0 Å². The number of anilines is 1. The Kier molecular flexibility index (Phi) is 5.23. The van der Waals surface area contributed by atoms with Crippen molar-refractivity contribution in [2.75, 3.05) is 44.2 Å². The summed E-state index contributed by atoms with van der Waals surface area (Å²) in [6.45, 7) is 14.5. The van der Waals surface area contributed by atoms with E-state index in [-0.39, 0.29) is 0 Å². The summed E-state index contributed by atoms with van der Waals surface area (Å²) in [5, 5.41) is 3.38. The molecule has 0 amide bonds. The first-order chi connectivity index (χ1) is 9.24. The van der Waals surface area contributed by atoms with Crippen molar-refractivity contribution < 1.29 is 0 Å². The van der Waals surface area contributed by atoms with Gasteiger partial charge in [0.05, 0.1) is 0 Å². The molecule has 0 atom stereocenters. The maximum Gasteiger partial charge on any atom is 0.0397 e. The zero-order valence-electron chi connectivity index (χ0n) is 12.6. The monoisotopic (exact) mass is 261 g/mol. The van der Waals surface area contributed by atoms with Crippen molar-refractivity contribution in [2.24, 2.45) is 0 Å². The lowest BCUT2D eigenvalue weighted by Gasteiger charge is -2.36. The Labute approximate surface area is 117 Å². The average Bonchev–Trinajstić information content (AvgIpc) is 2.45. The molecule has 3 nitrogen and oxygen atoms in total. The van der Waals surface area contributed by atoms with Crippen molar-refractivity contribution in [3.63, 3.8) is 0 Å². The summed E-state index contributed by atoms with van der Waals surface area (Å²) in [5.74, 6) is 0. The molecule has 0 spiro atoms. The normalized spacial score (nSPS) is 16.9. The highest BCUT2D eigenvalue weighted by molar-refractivity contribution is 5.54. The molecule has 0 aromatic heterocycles. The van der Waals surface area contributed by atoms with Gasteiger partial charge in [0.2, 0.25) is 0 Å². The predicted molar refractivity (Wildman–Crippen MR) is 82.9 cm³/mol. The van der Waals surface area contributed by atoms with E-state index in [2.05, 4.69) is 54.1 Å². The fraction of sp³-hybridized carbons (Fsp3) is 0.625. The molecular weight excluding hydrogens is 234 g/mol. The summed E-state index contributed by atoms with van der Waals surface area (Å²) in [6, 6.07) is 6.88. The number of hydrogen-bond acceptors (Lipinski definition) is 3. The van der Waals surface area contributed by atoms with Gasteiger partial charge < -0.3 is 15.1 Å². The second-order valence-electron chi connectivity index (χ2n) is 5.32. The lowest BCUT2D eigenvalue weighted by atomic mass is 10.1. The third-order valence-corrected chi connectivity index (χ3v) is 4.00. The number of nitrogens with zero attached hydrogens (tertiary/aromatic N) is 2. The number of benzene rings is 1. The first-order valence-electron chi connectivity index (χ1n) is 7.52. The molecule has 1 heterocycles. The number of piperazine rings is 1. The van der Waals surface area contributed by atoms with Gasteiger partial charge in [0, 0.05) is 38.4 Å². The largest absolute Gasteiger partial charge is 0.369 e. The highest BCUT2D eigenvalue weighted by Crippen LogP contribution is 2.22. The molecule has 1 fully saturated rings. The van der Waals surface area contributed by atoms with E-state index in [9.17, 15) is 0 Å². The van der Waals surface area contributed by atoms with E-state index in [1.165, 1.54) is 36.4 Å². The van der Waals surface area contributed by atoms with Crippen molar-refractivity contribution in [3.8, 4) is 0 Å². The van der Waals surface area contributed by atoms with Crippen LogP contribution in [0.1, 0.15) is 25.0 Å². The first kappa shape index (κ1) is 14.4. The number of likely N-dealkylation sites (N-methyl/N-ethyl adjacent to an activating group) is 1. The van der Waals surface area contributed by atoms with Gasteiger partial charge in [-0.05, 0) is 37.2 Å². The second-order valence-corrected chi connectivity index (χ2v) is 5.32. The molecule has 19 heavy (non-hydrogen) atoms. The minimum Gasteiger partial charge on any atom is -0.369 e. The van der Waals surface area contributed by atoms with Gasteiger partial charge in [-0.25, -0.2) is 0 Å². The molecule has 1 saturated heterocycles. The van der Waals surface area contributed by atoms with Crippen LogP contribution in [0.5, 0.6) is 0 Å². The van der Waals surface area contributed by atoms with E-state index in [1.54, 1.807) is 0 Å². The zero-order valence-corrected chi connectivity index (χ0v) is 12.6. The van der Waals surface area contributed by atoms with Gasteiger partial charge in [-0.15, -0.1) is 0 Å². The fourth-order valence-electron chi connectivity index (χ4n) is 2.76. The van der Waals surface area contributed by atoms with E-state index in [0.29, 0.717) is 0 Å². The summed E-state index contributed by atoms with van der Waals surface area (Å²) in [6.07, 6.45) is 0. The van der Waals surface area contributed by atoms with Crippen LogP contribution in [0.25, 0.3) is 0 Å². The molecule has 0 bridgehead atoms. The molecule has 0 aliphatic carbocycles. The maximum absolute atomic E-state index is 3.38. The van der Waals surface area contributed by atoms with E-state index in [1.807, 2.05) is 0 Å². The molecule has 2 rings (SSSR count). The standard InChI is InChI=1S/C16H27N3/c1-4-17-13-15-6-7-16(14(3)12-15)19-10-8-18(5-2)9-11-19/h6-7,12,17H,4-5,8-11,13H2,1-3H3. The Bertz CT molecular complexity index is 395. The Morgan fingerprint density at radius 1 is 1.11 bits per heavy atom. The van der Waals surface area contributed by atoms with Crippen molar-refractivity contribution in [3.05, 3.63) is 29.3 Å². The number of aryl methyl sites for hydroxylation is 1. The molecule has 1 aliphatic rings. The summed E-state index contributed by atoms with van der Waals surface area (Å²) < 4.78 is 0. The minimum atomic E-state index is 0.973. The van der Waals surface area contributed by atoms with E-state index in [0.717, 1.165) is 26.2 Å². The van der Waals surface area contributed by atoms with Crippen LogP contribution in [-0.4, -0.2) is 44.2 Å².